The lowest BCUT2D eigenvalue weighted by atomic mass is 9.88. The Hall–Kier alpha value is -5.81. The number of allylic oxidation sites excluding steroid dienone is 1. The highest BCUT2D eigenvalue weighted by molar-refractivity contribution is 5.76. The smallest absolute Gasteiger partial charge is 0.137 e. The Bertz CT molecular complexity index is 2130. The fraction of sp³-hybridized carbons (Fsp3) is 0.196. The summed E-state index contributed by atoms with van der Waals surface area (Å²) in [5, 5.41) is 0. The van der Waals surface area contributed by atoms with Crippen molar-refractivity contribution in [2.24, 2.45) is 5.41 Å². The fourth-order valence-corrected chi connectivity index (χ4v) is 6.47. The molecule has 5 heteroatoms. The number of hydrogen-bond donors (Lipinski definition) is 0. The summed E-state index contributed by atoms with van der Waals surface area (Å²) in [4.78, 5) is 11.7. The van der Waals surface area contributed by atoms with E-state index in [4.69, 9.17) is 9.72 Å². The second-order valence-corrected chi connectivity index (χ2v) is 15.1. The van der Waals surface area contributed by atoms with E-state index in [2.05, 4.69) is 184 Å². The van der Waals surface area contributed by atoms with Gasteiger partial charge in [-0.2, -0.15) is 0 Å². The minimum Gasteiger partial charge on any atom is -0.457 e. The van der Waals surface area contributed by atoms with Crippen LogP contribution < -0.4 is 19.4 Å². The zero-order valence-electron chi connectivity index (χ0n) is 30.4. The minimum absolute atomic E-state index is 0.00255. The number of hydrogen-bond acceptors (Lipinski definition) is 5. The van der Waals surface area contributed by atoms with E-state index in [9.17, 15) is 0 Å². The van der Waals surface area contributed by atoms with E-state index in [-0.39, 0.29) is 10.8 Å². The third-order valence-corrected chi connectivity index (χ3v) is 9.23. The molecule has 0 atom stereocenters. The average Bonchev–Trinajstić information content (AvgIpc) is 3.60. The van der Waals surface area contributed by atoms with Gasteiger partial charge in [-0.1, -0.05) is 114 Å². The summed E-state index contributed by atoms with van der Waals surface area (Å²) >= 11 is 0. The zero-order chi connectivity index (χ0) is 35.6. The van der Waals surface area contributed by atoms with Crippen LogP contribution in [-0.4, -0.2) is 11.7 Å². The van der Waals surface area contributed by atoms with Crippen molar-refractivity contribution in [3.05, 3.63) is 169 Å². The second kappa shape index (κ2) is 13.8. The van der Waals surface area contributed by atoms with E-state index in [1.165, 1.54) is 22.4 Å². The molecule has 2 heterocycles. The molecule has 5 aromatic carbocycles. The average molecular weight is 671 g/mol. The van der Waals surface area contributed by atoms with Crippen LogP contribution in [0.25, 0.3) is 11.1 Å². The number of para-hydroxylation sites is 1. The first kappa shape index (κ1) is 33.7. The predicted molar refractivity (Wildman–Crippen MR) is 213 cm³/mol. The zero-order valence-corrected chi connectivity index (χ0v) is 30.4. The van der Waals surface area contributed by atoms with Gasteiger partial charge in [-0.25, -0.2) is 4.98 Å². The molecule has 0 radical (unpaired) electrons. The van der Waals surface area contributed by atoms with Gasteiger partial charge >= 0.3 is 0 Å². The Morgan fingerprint density at radius 2 is 1.20 bits per heavy atom. The van der Waals surface area contributed by atoms with E-state index < -0.39 is 0 Å². The van der Waals surface area contributed by atoms with Crippen molar-refractivity contribution in [3.63, 3.8) is 0 Å². The van der Waals surface area contributed by atoms with Gasteiger partial charge in [0.1, 0.15) is 17.3 Å². The van der Waals surface area contributed by atoms with Crippen molar-refractivity contribution in [2.75, 3.05) is 21.4 Å². The van der Waals surface area contributed by atoms with Gasteiger partial charge in [0.2, 0.25) is 0 Å². The Labute approximate surface area is 303 Å². The van der Waals surface area contributed by atoms with Crippen LogP contribution in [0.1, 0.15) is 47.1 Å². The Kier molecular flexibility index (Phi) is 9.14. The molecular formula is C46H46N4O. The molecule has 0 saturated carbocycles. The number of anilines is 5. The third kappa shape index (κ3) is 7.53. The van der Waals surface area contributed by atoms with Crippen molar-refractivity contribution >= 4 is 28.6 Å². The van der Waals surface area contributed by atoms with Crippen LogP contribution in [0.2, 0.25) is 0 Å². The van der Waals surface area contributed by atoms with Gasteiger partial charge in [-0.05, 0) is 82.8 Å². The molecule has 0 spiro atoms. The molecule has 0 fully saturated rings. The van der Waals surface area contributed by atoms with E-state index in [1.807, 2.05) is 30.5 Å². The van der Waals surface area contributed by atoms with Gasteiger partial charge < -0.3 is 14.5 Å². The van der Waals surface area contributed by atoms with Crippen molar-refractivity contribution in [1.29, 1.82) is 0 Å². The number of benzene rings is 5. The first-order chi connectivity index (χ1) is 24.5. The molecule has 6 aromatic rings. The molecule has 0 N–H and O–H groups in total. The fourth-order valence-electron chi connectivity index (χ4n) is 6.47. The van der Waals surface area contributed by atoms with Gasteiger partial charge in [-0.15, -0.1) is 0 Å². The van der Waals surface area contributed by atoms with Crippen molar-refractivity contribution in [1.82, 2.24) is 4.98 Å². The quantitative estimate of drug-likeness (QED) is 0.161. The van der Waals surface area contributed by atoms with Gasteiger partial charge in [0.05, 0.1) is 12.4 Å². The summed E-state index contributed by atoms with van der Waals surface area (Å²) in [6.45, 7) is 14.2. The maximum Gasteiger partial charge on any atom is 0.137 e. The molecule has 0 aliphatic carbocycles. The molecule has 5 nitrogen and oxygen atoms in total. The predicted octanol–water partition coefficient (Wildman–Crippen LogP) is 12.5. The minimum atomic E-state index is -0.0663. The molecule has 0 saturated heterocycles. The van der Waals surface area contributed by atoms with E-state index >= 15 is 0 Å². The monoisotopic (exact) mass is 670 g/mol. The van der Waals surface area contributed by atoms with E-state index in [0.717, 1.165) is 40.1 Å². The third-order valence-electron chi connectivity index (χ3n) is 9.23. The number of pyridine rings is 1. The second-order valence-electron chi connectivity index (χ2n) is 15.1. The Morgan fingerprint density at radius 3 is 1.88 bits per heavy atom. The first-order valence-corrected chi connectivity index (χ1v) is 17.6. The molecule has 0 unspecified atom stereocenters. The summed E-state index contributed by atoms with van der Waals surface area (Å²) < 4.78 is 6.60. The molecule has 7 rings (SSSR count). The molecule has 256 valence electrons. The van der Waals surface area contributed by atoms with Crippen LogP contribution in [0.15, 0.2) is 164 Å². The maximum absolute atomic E-state index is 6.60. The summed E-state index contributed by atoms with van der Waals surface area (Å²) in [6.07, 6.45) is 4.19. The Morgan fingerprint density at radius 1 is 0.569 bits per heavy atom. The van der Waals surface area contributed by atoms with Gasteiger partial charge in [0.25, 0.3) is 0 Å². The van der Waals surface area contributed by atoms with Crippen molar-refractivity contribution in [3.8, 4) is 22.6 Å². The highest BCUT2D eigenvalue weighted by Crippen LogP contribution is 2.41. The highest BCUT2D eigenvalue weighted by atomic mass is 16.5. The van der Waals surface area contributed by atoms with Crippen LogP contribution in [0.5, 0.6) is 11.5 Å². The number of aromatic nitrogens is 1. The molecule has 51 heavy (non-hydrogen) atoms. The number of nitrogens with zero attached hydrogens (tertiary/aromatic N) is 4. The number of ether oxygens (including phenoxy) is 1. The van der Waals surface area contributed by atoms with Crippen LogP contribution in [0.3, 0.4) is 0 Å². The van der Waals surface area contributed by atoms with Crippen LogP contribution >= 0.6 is 0 Å². The van der Waals surface area contributed by atoms with Crippen molar-refractivity contribution in [2.45, 2.75) is 47.0 Å². The van der Waals surface area contributed by atoms with Crippen LogP contribution in [0, 0.1) is 5.41 Å². The van der Waals surface area contributed by atoms with E-state index in [0.29, 0.717) is 6.67 Å². The van der Waals surface area contributed by atoms with Gasteiger partial charge in [-0.3, -0.25) is 4.90 Å². The topological polar surface area (TPSA) is 31.8 Å². The first-order valence-electron chi connectivity index (χ1n) is 17.6. The SMILES string of the molecule is CC(C)(C)C1=CN(c2ccc(-c3ccccc3)cc2)CN1c1cccc(Oc2cccc(N(c3ccccc3)c3cc(C(C)(C)C)ccn3)c2)c1. The largest absolute Gasteiger partial charge is 0.457 e. The summed E-state index contributed by atoms with van der Waals surface area (Å²) in [7, 11) is 0. The summed E-state index contributed by atoms with van der Waals surface area (Å²) in [5.41, 5.74) is 9.09. The van der Waals surface area contributed by atoms with Crippen LogP contribution in [0.4, 0.5) is 28.6 Å². The van der Waals surface area contributed by atoms with E-state index in [1.54, 1.807) is 0 Å². The molecule has 1 aliphatic rings. The highest BCUT2D eigenvalue weighted by Gasteiger charge is 2.31. The molecule has 1 aliphatic heterocycles. The normalized spacial score (nSPS) is 13.3. The standard InChI is InChI=1S/C46H46N4O/c1-45(2,3)36-27-28-47-44(29-36)50(38-17-11-8-12-18-38)40-20-14-22-42(31-40)51-41-21-13-19-39(30-41)49-33-48(32-43(49)46(4,5)6)37-25-23-35(24-26-37)34-15-9-7-10-16-34/h7-32H,33H2,1-6H3. The molecular weight excluding hydrogens is 625 g/mol. The molecule has 1 aromatic heterocycles. The Balaban J connectivity index is 1.15. The number of rotatable bonds is 8. The molecule has 0 bridgehead atoms. The van der Waals surface area contributed by atoms with Gasteiger partial charge in [0.15, 0.2) is 0 Å². The lowest BCUT2D eigenvalue weighted by molar-refractivity contribution is 0.480. The lowest BCUT2D eigenvalue weighted by Crippen LogP contribution is -2.30. The van der Waals surface area contributed by atoms with Crippen LogP contribution in [-0.2, 0) is 5.41 Å². The van der Waals surface area contributed by atoms with Gasteiger partial charge in [0, 0.05) is 52.7 Å². The lowest BCUT2D eigenvalue weighted by Gasteiger charge is -2.31. The van der Waals surface area contributed by atoms with Crippen molar-refractivity contribution < 1.29 is 4.74 Å². The summed E-state index contributed by atoms with van der Waals surface area (Å²) in [6, 6.07) is 50.6. The molecule has 0 amide bonds. The summed E-state index contributed by atoms with van der Waals surface area (Å²) in [5.74, 6) is 2.40. The maximum atomic E-state index is 6.60.